The Hall–Kier alpha value is -5.18. The second-order valence-electron chi connectivity index (χ2n) is 13.1. The van der Waals surface area contributed by atoms with Crippen molar-refractivity contribution in [1.29, 1.82) is 0 Å². The number of benzene rings is 8. The average Bonchev–Trinajstić information content (AvgIpc) is 3.21. The molecule has 4 heteroatoms. The molecule has 0 amide bonds. The van der Waals surface area contributed by atoms with Crippen LogP contribution in [0, 0.1) is 21.0 Å². The van der Waals surface area contributed by atoms with Crippen LogP contribution in [0.15, 0.2) is 206 Å². The van der Waals surface area contributed by atoms with Crippen LogP contribution in [-0.2, 0) is 0 Å². The molecule has 0 aliphatic rings. The van der Waals surface area contributed by atoms with Gasteiger partial charge in [-0.1, -0.05) is 132 Å². The van der Waals surface area contributed by atoms with Gasteiger partial charge >= 0.3 is 0 Å². The van der Waals surface area contributed by atoms with E-state index >= 15 is 0 Å². The van der Waals surface area contributed by atoms with Crippen LogP contribution in [0.2, 0.25) is 0 Å². The highest BCUT2D eigenvalue weighted by atomic mass is 127. The van der Waals surface area contributed by atoms with Gasteiger partial charge in [-0.3, -0.25) is 0 Å². The van der Waals surface area contributed by atoms with Crippen LogP contribution >= 0.6 is 45.2 Å². The first-order valence-corrected chi connectivity index (χ1v) is 20.1. The van der Waals surface area contributed by atoms with Gasteiger partial charge in [-0.05, 0) is 166 Å². The van der Waals surface area contributed by atoms with Crippen molar-refractivity contribution in [3.05, 3.63) is 225 Å². The van der Waals surface area contributed by atoms with E-state index in [2.05, 4.69) is 263 Å². The van der Waals surface area contributed by atoms with Crippen molar-refractivity contribution in [3.63, 3.8) is 0 Å². The summed E-state index contributed by atoms with van der Waals surface area (Å²) in [6, 6.07) is 73.1. The topological polar surface area (TPSA) is 6.48 Å². The highest BCUT2D eigenvalue weighted by Gasteiger charge is 2.14. The van der Waals surface area contributed by atoms with Gasteiger partial charge in [0.25, 0.3) is 0 Å². The van der Waals surface area contributed by atoms with Gasteiger partial charge in [0, 0.05) is 41.3 Å². The van der Waals surface area contributed by atoms with E-state index < -0.39 is 0 Å². The quantitative estimate of drug-likeness (QED) is 0.140. The predicted molar refractivity (Wildman–Crippen MR) is 248 cm³/mol. The monoisotopic (exact) mass is 922 g/mol. The molecule has 0 radical (unpaired) electrons. The number of aryl methyl sites for hydroxylation is 2. The minimum atomic E-state index is 1.15. The number of rotatable bonds is 8. The molecule has 8 aromatic rings. The zero-order valence-corrected chi connectivity index (χ0v) is 34.6. The van der Waals surface area contributed by atoms with Gasteiger partial charge in [0.2, 0.25) is 0 Å². The van der Waals surface area contributed by atoms with Gasteiger partial charge in [0.15, 0.2) is 0 Å². The highest BCUT2D eigenvalue weighted by Crippen LogP contribution is 2.38. The molecule has 2 nitrogen and oxygen atoms in total. The fourth-order valence-corrected chi connectivity index (χ4v) is 7.43. The molecule has 0 heterocycles. The summed E-state index contributed by atoms with van der Waals surface area (Å²) >= 11 is 4.74. The first-order valence-electron chi connectivity index (χ1n) is 18.0. The van der Waals surface area contributed by atoms with E-state index in [-0.39, 0.29) is 0 Å². The highest BCUT2D eigenvalue weighted by molar-refractivity contribution is 14.1. The first kappa shape index (κ1) is 37.1. The molecule has 0 aliphatic carbocycles. The summed E-state index contributed by atoms with van der Waals surface area (Å²) in [7, 11) is 0. The second kappa shape index (κ2) is 17.8. The van der Waals surface area contributed by atoms with E-state index in [0.29, 0.717) is 0 Å². The first-order chi connectivity index (χ1) is 26.4. The molecular weight excluding hydrogens is 882 g/mol. The molecule has 0 unspecified atom stereocenters. The molecule has 0 bridgehead atoms. The van der Waals surface area contributed by atoms with Crippen LogP contribution in [0.4, 0.5) is 34.1 Å². The molecule has 0 saturated carbocycles. The Bertz CT molecular complexity index is 2220. The van der Waals surface area contributed by atoms with Gasteiger partial charge in [-0.2, -0.15) is 0 Å². The van der Waals surface area contributed by atoms with Crippen molar-refractivity contribution in [1.82, 2.24) is 0 Å². The zero-order valence-electron chi connectivity index (χ0n) is 30.3. The predicted octanol–water partition coefficient (Wildman–Crippen LogP) is 15.5. The van der Waals surface area contributed by atoms with Gasteiger partial charge in [-0.25, -0.2) is 0 Å². The summed E-state index contributed by atoms with van der Waals surface area (Å²) in [6.45, 7) is 4.24. The largest absolute Gasteiger partial charge is 0.310 e. The number of anilines is 6. The smallest absolute Gasteiger partial charge is 0.0472 e. The van der Waals surface area contributed by atoms with Crippen LogP contribution in [0.1, 0.15) is 11.1 Å². The molecule has 0 spiro atoms. The Morgan fingerprint density at radius 3 is 0.889 bits per heavy atom. The lowest BCUT2D eigenvalue weighted by Crippen LogP contribution is -2.10. The maximum atomic E-state index is 2.37. The van der Waals surface area contributed by atoms with Gasteiger partial charge < -0.3 is 9.80 Å². The molecule has 54 heavy (non-hydrogen) atoms. The lowest BCUT2D eigenvalue weighted by molar-refractivity contribution is 1.27. The number of hydrogen-bond donors (Lipinski definition) is 0. The average molecular weight is 923 g/mol. The molecule has 264 valence electrons. The molecule has 0 aliphatic heterocycles. The van der Waals surface area contributed by atoms with Crippen LogP contribution in [0.25, 0.3) is 22.3 Å². The number of halogens is 2. The Labute approximate surface area is 347 Å². The van der Waals surface area contributed by atoms with Crippen LogP contribution in [0.3, 0.4) is 0 Å². The summed E-state index contributed by atoms with van der Waals surface area (Å²) < 4.78 is 2.45. The summed E-state index contributed by atoms with van der Waals surface area (Å²) in [4.78, 5) is 4.60. The molecule has 0 N–H and O–H groups in total. The van der Waals surface area contributed by atoms with Crippen molar-refractivity contribution in [3.8, 4) is 22.3 Å². The van der Waals surface area contributed by atoms with E-state index in [1.165, 1.54) is 51.9 Å². The normalized spacial score (nSPS) is 10.6. The zero-order chi connectivity index (χ0) is 37.3. The molecule has 0 fully saturated rings. The molecule has 0 aromatic heterocycles. The van der Waals surface area contributed by atoms with Gasteiger partial charge in [0.05, 0.1) is 0 Å². The van der Waals surface area contributed by atoms with Crippen molar-refractivity contribution < 1.29 is 0 Å². The minimum absolute atomic E-state index is 1.15. The van der Waals surface area contributed by atoms with Crippen molar-refractivity contribution >= 4 is 79.3 Å². The van der Waals surface area contributed by atoms with Crippen molar-refractivity contribution in [2.24, 2.45) is 0 Å². The van der Waals surface area contributed by atoms with E-state index in [1.807, 2.05) is 12.1 Å². The fourth-order valence-electron chi connectivity index (χ4n) is 6.38. The maximum Gasteiger partial charge on any atom is 0.0472 e. The lowest BCUT2D eigenvalue weighted by Gasteiger charge is -2.26. The van der Waals surface area contributed by atoms with E-state index in [4.69, 9.17) is 0 Å². The minimum Gasteiger partial charge on any atom is -0.310 e. The molecule has 0 saturated heterocycles. The van der Waals surface area contributed by atoms with E-state index in [0.717, 1.165) is 22.7 Å². The van der Waals surface area contributed by atoms with E-state index in [1.54, 1.807) is 0 Å². The third-order valence-corrected chi connectivity index (χ3v) is 10.5. The number of hydrogen-bond acceptors (Lipinski definition) is 2. The molecule has 8 rings (SSSR count). The van der Waals surface area contributed by atoms with Crippen LogP contribution in [0.5, 0.6) is 0 Å². The third kappa shape index (κ3) is 9.30. The Morgan fingerprint density at radius 2 is 0.574 bits per heavy atom. The van der Waals surface area contributed by atoms with Crippen molar-refractivity contribution in [2.45, 2.75) is 13.8 Å². The summed E-state index contributed by atoms with van der Waals surface area (Å²) in [5.74, 6) is 0. The summed E-state index contributed by atoms with van der Waals surface area (Å²) in [5.41, 5.74) is 14.4. The molecule has 8 aromatic carbocycles. The van der Waals surface area contributed by atoms with Gasteiger partial charge in [0.1, 0.15) is 0 Å². The van der Waals surface area contributed by atoms with Crippen LogP contribution < -0.4 is 9.80 Å². The SMILES string of the molecule is Cc1ccc(N(c2ccc(-c3ccccc3)cc2)c2cccc(I)c2)cc1.Cc1ccc(N(c2ccc(-c3ccccc3)cc2)c2cccc(I)c2)cc1. The Balaban J connectivity index is 0.000000167. The van der Waals surface area contributed by atoms with Crippen LogP contribution in [-0.4, -0.2) is 0 Å². The van der Waals surface area contributed by atoms with Crippen molar-refractivity contribution in [2.75, 3.05) is 9.80 Å². The maximum absolute atomic E-state index is 2.37. The standard InChI is InChI=1S/2C25H20IN/c2*1-19-10-14-23(15-11-19)27(25-9-5-8-22(26)18-25)24-16-12-21(13-17-24)20-6-3-2-4-7-20/h2*2-18H,1H3. The number of nitrogens with zero attached hydrogens (tertiary/aromatic N) is 2. The molecular formula is C50H40I2N2. The van der Waals surface area contributed by atoms with Gasteiger partial charge in [-0.15, -0.1) is 0 Å². The Kier molecular flexibility index (Phi) is 12.2. The second-order valence-corrected chi connectivity index (χ2v) is 15.6. The lowest BCUT2D eigenvalue weighted by atomic mass is 10.0. The Morgan fingerprint density at radius 1 is 0.278 bits per heavy atom. The third-order valence-electron chi connectivity index (χ3n) is 9.18. The molecule has 0 atom stereocenters. The fraction of sp³-hybridized carbons (Fsp3) is 0.0400. The summed E-state index contributed by atoms with van der Waals surface area (Å²) in [5, 5.41) is 0. The van der Waals surface area contributed by atoms with E-state index in [9.17, 15) is 0 Å². The summed E-state index contributed by atoms with van der Waals surface area (Å²) in [6.07, 6.45) is 0.